The molecule has 1 aliphatic rings. The van der Waals surface area contributed by atoms with E-state index in [0.717, 1.165) is 12.5 Å². The van der Waals surface area contributed by atoms with Gasteiger partial charge in [0, 0.05) is 17.1 Å². The van der Waals surface area contributed by atoms with Crippen molar-refractivity contribution in [2.45, 2.75) is 39.3 Å². The molecule has 82 valence electrons. The van der Waals surface area contributed by atoms with Gasteiger partial charge in [0.25, 0.3) is 0 Å². The van der Waals surface area contributed by atoms with Gasteiger partial charge in [-0.3, -0.25) is 0 Å². The van der Waals surface area contributed by atoms with E-state index >= 15 is 0 Å². The van der Waals surface area contributed by atoms with Gasteiger partial charge in [-0.05, 0) is 49.8 Å². The molecule has 1 saturated carbocycles. The van der Waals surface area contributed by atoms with Crippen LogP contribution in [0.5, 0.6) is 0 Å². The Labute approximate surface area is 100 Å². The maximum atomic E-state index is 3.61. The van der Waals surface area contributed by atoms with E-state index in [1.807, 2.05) is 0 Å². The molecule has 0 heterocycles. The SMILES string of the molecule is Cc1ccc(CNC(C)C2CC2)c(Br)c1. The summed E-state index contributed by atoms with van der Waals surface area (Å²) in [5.74, 6) is 0.925. The van der Waals surface area contributed by atoms with Crippen molar-refractivity contribution >= 4 is 15.9 Å². The van der Waals surface area contributed by atoms with Crippen molar-refractivity contribution in [1.29, 1.82) is 0 Å². The van der Waals surface area contributed by atoms with Gasteiger partial charge < -0.3 is 5.32 Å². The van der Waals surface area contributed by atoms with E-state index in [-0.39, 0.29) is 0 Å². The molecule has 0 aliphatic heterocycles. The Bertz CT molecular complexity index is 344. The third-order valence-electron chi connectivity index (χ3n) is 3.15. The average molecular weight is 268 g/mol. The summed E-state index contributed by atoms with van der Waals surface area (Å²) in [6, 6.07) is 7.22. The molecule has 2 heteroatoms. The van der Waals surface area contributed by atoms with E-state index in [2.05, 4.69) is 53.3 Å². The van der Waals surface area contributed by atoms with E-state index < -0.39 is 0 Å². The highest BCUT2D eigenvalue weighted by Gasteiger charge is 2.27. The molecule has 1 unspecified atom stereocenters. The number of rotatable bonds is 4. The molecule has 1 fully saturated rings. The zero-order valence-electron chi connectivity index (χ0n) is 9.39. The minimum absolute atomic E-state index is 0.665. The lowest BCUT2D eigenvalue weighted by Gasteiger charge is -2.13. The van der Waals surface area contributed by atoms with Crippen LogP contribution in [0.25, 0.3) is 0 Å². The van der Waals surface area contributed by atoms with Crippen LogP contribution in [0.1, 0.15) is 30.9 Å². The molecule has 0 radical (unpaired) electrons. The molecule has 1 aromatic carbocycles. The lowest BCUT2D eigenvalue weighted by atomic mass is 10.1. The first-order valence-corrected chi connectivity index (χ1v) is 6.44. The summed E-state index contributed by atoms with van der Waals surface area (Å²) in [4.78, 5) is 0. The minimum atomic E-state index is 0.665. The summed E-state index contributed by atoms with van der Waals surface area (Å²) in [6.07, 6.45) is 2.81. The van der Waals surface area contributed by atoms with Crippen molar-refractivity contribution in [3.8, 4) is 0 Å². The molecule has 2 rings (SSSR count). The lowest BCUT2D eigenvalue weighted by Crippen LogP contribution is -2.27. The maximum absolute atomic E-state index is 3.61. The van der Waals surface area contributed by atoms with Crippen molar-refractivity contribution in [2.24, 2.45) is 5.92 Å². The van der Waals surface area contributed by atoms with Gasteiger partial charge >= 0.3 is 0 Å². The molecule has 0 saturated heterocycles. The molecule has 1 nitrogen and oxygen atoms in total. The largest absolute Gasteiger partial charge is 0.310 e. The zero-order valence-corrected chi connectivity index (χ0v) is 11.0. The van der Waals surface area contributed by atoms with Crippen molar-refractivity contribution in [2.75, 3.05) is 0 Å². The topological polar surface area (TPSA) is 12.0 Å². The second-order valence-corrected chi connectivity index (χ2v) is 5.46. The van der Waals surface area contributed by atoms with E-state index in [4.69, 9.17) is 0 Å². The molecular formula is C13H18BrN. The predicted octanol–water partition coefficient (Wildman–Crippen LogP) is 3.65. The quantitative estimate of drug-likeness (QED) is 0.879. The molecule has 1 aliphatic carbocycles. The second-order valence-electron chi connectivity index (χ2n) is 4.60. The monoisotopic (exact) mass is 267 g/mol. The van der Waals surface area contributed by atoms with Gasteiger partial charge in [0.2, 0.25) is 0 Å². The minimum Gasteiger partial charge on any atom is -0.310 e. The Kier molecular flexibility index (Phi) is 3.47. The fraction of sp³-hybridized carbons (Fsp3) is 0.538. The number of aryl methyl sites for hydroxylation is 1. The van der Waals surface area contributed by atoms with E-state index in [9.17, 15) is 0 Å². The Balaban J connectivity index is 1.92. The fourth-order valence-electron chi connectivity index (χ4n) is 1.83. The van der Waals surface area contributed by atoms with Crippen LogP contribution < -0.4 is 5.32 Å². The van der Waals surface area contributed by atoms with E-state index in [1.165, 1.54) is 28.4 Å². The molecular weight excluding hydrogens is 250 g/mol. The second kappa shape index (κ2) is 4.67. The first-order chi connectivity index (χ1) is 7.16. The Morgan fingerprint density at radius 3 is 2.80 bits per heavy atom. The van der Waals surface area contributed by atoms with Crippen LogP contribution in [0.3, 0.4) is 0 Å². The number of benzene rings is 1. The van der Waals surface area contributed by atoms with Crippen LogP contribution in [-0.2, 0) is 6.54 Å². The first-order valence-electron chi connectivity index (χ1n) is 5.65. The van der Waals surface area contributed by atoms with E-state index in [1.54, 1.807) is 0 Å². The smallest absolute Gasteiger partial charge is 0.0222 e. The van der Waals surface area contributed by atoms with Gasteiger partial charge in [-0.1, -0.05) is 28.1 Å². The van der Waals surface area contributed by atoms with Crippen LogP contribution in [0.2, 0.25) is 0 Å². The fourth-order valence-corrected chi connectivity index (χ4v) is 2.46. The average Bonchev–Trinajstić information content (AvgIpc) is 2.99. The highest BCUT2D eigenvalue weighted by molar-refractivity contribution is 9.10. The molecule has 0 bridgehead atoms. The van der Waals surface area contributed by atoms with Crippen LogP contribution in [0, 0.1) is 12.8 Å². The highest BCUT2D eigenvalue weighted by Crippen LogP contribution is 2.32. The summed E-state index contributed by atoms with van der Waals surface area (Å²) in [7, 11) is 0. The number of hydrogen-bond donors (Lipinski definition) is 1. The van der Waals surface area contributed by atoms with Crippen molar-refractivity contribution in [1.82, 2.24) is 5.32 Å². The van der Waals surface area contributed by atoms with Crippen molar-refractivity contribution < 1.29 is 0 Å². The Morgan fingerprint density at radius 1 is 1.47 bits per heavy atom. The van der Waals surface area contributed by atoms with Gasteiger partial charge in [-0.2, -0.15) is 0 Å². The van der Waals surface area contributed by atoms with Crippen molar-refractivity contribution in [3.05, 3.63) is 33.8 Å². The summed E-state index contributed by atoms with van der Waals surface area (Å²) in [6.45, 7) is 5.38. The normalized spacial score (nSPS) is 17.8. The van der Waals surface area contributed by atoms with E-state index in [0.29, 0.717) is 6.04 Å². The van der Waals surface area contributed by atoms with Crippen LogP contribution in [-0.4, -0.2) is 6.04 Å². The Morgan fingerprint density at radius 2 is 2.20 bits per heavy atom. The van der Waals surface area contributed by atoms with Crippen LogP contribution in [0.15, 0.2) is 22.7 Å². The third kappa shape index (κ3) is 3.05. The van der Waals surface area contributed by atoms with Gasteiger partial charge in [0.1, 0.15) is 0 Å². The summed E-state index contributed by atoms with van der Waals surface area (Å²) >= 11 is 3.61. The molecule has 1 N–H and O–H groups in total. The van der Waals surface area contributed by atoms with Crippen LogP contribution in [0.4, 0.5) is 0 Å². The number of hydrogen-bond acceptors (Lipinski definition) is 1. The molecule has 0 amide bonds. The summed E-state index contributed by atoms with van der Waals surface area (Å²) in [5, 5.41) is 3.59. The van der Waals surface area contributed by atoms with Gasteiger partial charge in [0.15, 0.2) is 0 Å². The first kappa shape index (κ1) is 11.2. The predicted molar refractivity (Wildman–Crippen MR) is 67.9 cm³/mol. The summed E-state index contributed by atoms with van der Waals surface area (Å²) < 4.78 is 1.22. The standard InChI is InChI=1S/C13H18BrN/c1-9-3-4-12(13(14)7-9)8-15-10(2)11-5-6-11/h3-4,7,10-11,15H,5-6,8H2,1-2H3. The molecule has 1 atom stereocenters. The molecule has 15 heavy (non-hydrogen) atoms. The third-order valence-corrected chi connectivity index (χ3v) is 3.89. The molecule has 1 aromatic rings. The van der Waals surface area contributed by atoms with Crippen molar-refractivity contribution in [3.63, 3.8) is 0 Å². The van der Waals surface area contributed by atoms with Gasteiger partial charge in [0.05, 0.1) is 0 Å². The summed E-state index contributed by atoms with van der Waals surface area (Å²) in [5.41, 5.74) is 2.66. The highest BCUT2D eigenvalue weighted by atomic mass is 79.9. The molecule has 0 aromatic heterocycles. The van der Waals surface area contributed by atoms with Crippen LogP contribution >= 0.6 is 15.9 Å². The number of halogens is 1. The number of nitrogens with one attached hydrogen (secondary N) is 1. The lowest BCUT2D eigenvalue weighted by molar-refractivity contribution is 0.495. The van der Waals surface area contributed by atoms with Gasteiger partial charge in [-0.25, -0.2) is 0 Å². The Hall–Kier alpha value is -0.340. The zero-order chi connectivity index (χ0) is 10.8. The maximum Gasteiger partial charge on any atom is 0.0222 e. The van der Waals surface area contributed by atoms with Gasteiger partial charge in [-0.15, -0.1) is 0 Å². The molecule has 0 spiro atoms.